The van der Waals surface area contributed by atoms with Crippen molar-refractivity contribution in [1.29, 1.82) is 10.8 Å². The number of amidine groups is 2. The van der Waals surface area contributed by atoms with Gasteiger partial charge in [0.1, 0.15) is 0 Å². The van der Waals surface area contributed by atoms with Gasteiger partial charge in [0.25, 0.3) is 0 Å². The summed E-state index contributed by atoms with van der Waals surface area (Å²) in [5, 5.41) is 23.6. The molecule has 0 bridgehead atoms. The number of nitrogens with one attached hydrogen (secondary N) is 4. The number of hydrogen-bond donors (Lipinski definition) is 4. The fourth-order valence-corrected chi connectivity index (χ4v) is 6.53. The molecule has 4 N–H and O–H groups in total. The van der Waals surface area contributed by atoms with E-state index in [4.69, 9.17) is 10.8 Å². The van der Waals surface area contributed by atoms with Crippen molar-refractivity contribution in [1.82, 2.24) is 10.6 Å². The maximum Gasteiger partial charge on any atom is 0.0931 e. The summed E-state index contributed by atoms with van der Waals surface area (Å²) in [6, 6.07) is 0. The van der Waals surface area contributed by atoms with Crippen LogP contribution in [0.3, 0.4) is 0 Å². The molecule has 0 aromatic rings. The molecule has 0 aliphatic heterocycles. The quantitative estimate of drug-likeness (QED) is 0.0933. The second-order valence-electron chi connectivity index (χ2n) is 10.6. The monoisotopic (exact) mass is 484 g/mol. The lowest BCUT2D eigenvalue weighted by molar-refractivity contribution is 0.125. The molecule has 0 aromatic heterocycles. The highest BCUT2D eigenvalue weighted by atomic mass is 32.2. The van der Waals surface area contributed by atoms with Gasteiger partial charge in [0, 0.05) is 47.4 Å². The molecular formula is C26H52N4S2. The Bertz CT molecular complexity index is 548. The molecule has 2 unspecified atom stereocenters. The Kier molecular flexibility index (Phi) is 14.4. The molecule has 0 saturated heterocycles. The van der Waals surface area contributed by atoms with Gasteiger partial charge in [0.05, 0.1) is 11.7 Å². The predicted octanol–water partition coefficient (Wildman–Crippen LogP) is 7.33. The molecule has 0 aromatic carbocycles. The van der Waals surface area contributed by atoms with Crippen LogP contribution < -0.4 is 10.6 Å². The second kappa shape index (κ2) is 15.5. The van der Waals surface area contributed by atoms with E-state index in [2.05, 4.69) is 63.9 Å². The number of rotatable bonds is 18. The zero-order valence-corrected chi connectivity index (χ0v) is 23.5. The van der Waals surface area contributed by atoms with Crippen molar-refractivity contribution in [3.8, 4) is 0 Å². The Morgan fingerprint density at radius 2 is 1.38 bits per heavy atom. The van der Waals surface area contributed by atoms with E-state index in [-0.39, 0.29) is 0 Å². The van der Waals surface area contributed by atoms with Crippen molar-refractivity contribution in [2.45, 2.75) is 116 Å². The van der Waals surface area contributed by atoms with Gasteiger partial charge in [0.2, 0.25) is 0 Å². The third-order valence-electron chi connectivity index (χ3n) is 7.29. The SMILES string of the molecule is CCC(C)(C)SCCNC(=N)CCCCCCC(=N)NCCSC1CCC1C(C)(C)CC. The fourth-order valence-electron chi connectivity index (χ4n) is 4.00. The van der Waals surface area contributed by atoms with Crippen molar-refractivity contribution < 1.29 is 0 Å². The average Bonchev–Trinajstić information content (AvgIpc) is 2.72. The minimum Gasteiger partial charge on any atom is -0.373 e. The second-order valence-corrected chi connectivity index (χ2v) is 13.8. The fraction of sp³-hybridized carbons (Fsp3) is 0.923. The molecule has 0 spiro atoms. The van der Waals surface area contributed by atoms with Gasteiger partial charge in [-0.25, -0.2) is 0 Å². The molecule has 0 radical (unpaired) electrons. The lowest BCUT2D eigenvalue weighted by Gasteiger charge is -2.46. The van der Waals surface area contributed by atoms with Crippen molar-refractivity contribution in [3.05, 3.63) is 0 Å². The lowest BCUT2D eigenvalue weighted by atomic mass is 9.66. The van der Waals surface area contributed by atoms with Gasteiger partial charge in [-0.2, -0.15) is 23.5 Å². The zero-order chi connectivity index (χ0) is 24.0. The Morgan fingerprint density at radius 1 is 0.812 bits per heavy atom. The highest BCUT2D eigenvalue weighted by Gasteiger charge is 2.40. The maximum atomic E-state index is 8.14. The van der Waals surface area contributed by atoms with Crippen molar-refractivity contribution in [2.75, 3.05) is 24.6 Å². The van der Waals surface area contributed by atoms with E-state index in [1.165, 1.54) is 25.7 Å². The molecule has 4 nitrogen and oxygen atoms in total. The van der Waals surface area contributed by atoms with E-state index in [1.807, 2.05) is 11.8 Å². The van der Waals surface area contributed by atoms with Crippen LogP contribution in [0, 0.1) is 22.2 Å². The summed E-state index contributed by atoms with van der Waals surface area (Å²) < 4.78 is 0.344. The summed E-state index contributed by atoms with van der Waals surface area (Å²) in [6.45, 7) is 15.8. The standard InChI is InChI=1S/C26H52N4S2/c1-7-25(3,4)21-15-16-22(21)31-19-17-29-23(27)13-11-9-10-12-14-24(28)30-18-20-32-26(5,6)8-2/h21-22H,7-20H2,1-6H3,(H2,27,29)(H2,28,30). The number of unbranched alkanes of at least 4 members (excludes halogenated alkanes) is 3. The summed E-state index contributed by atoms with van der Waals surface area (Å²) in [7, 11) is 0. The first-order valence-electron chi connectivity index (χ1n) is 13.0. The summed E-state index contributed by atoms with van der Waals surface area (Å²) in [6.07, 6.45) is 11.4. The molecule has 188 valence electrons. The molecule has 0 amide bonds. The summed E-state index contributed by atoms with van der Waals surface area (Å²) in [5.74, 6) is 4.44. The highest BCUT2D eigenvalue weighted by molar-refractivity contribution is 8.00. The summed E-state index contributed by atoms with van der Waals surface area (Å²) in [5.41, 5.74) is 0.482. The Hall–Kier alpha value is -0.360. The van der Waals surface area contributed by atoms with Crippen LogP contribution in [-0.4, -0.2) is 46.3 Å². The molecule has 1 rings (SSSR count). The first kappa shape index (κ1) is 29.7. The average molecular weight is 485 g/mol. The van der Waals surface area contributed by atoms with Gasteiger partial charge in [-0.3, -0.25) is 10.8 Å². The smallest absolute Gasteiger partial charge is 0.0931 e. The first-order chi connectivity index (χ1) is 15.1. The largest absolute Gasteiger partial charge is 0.373 e. The highest BCUT2D eigenvalue weighted by Crippen LogP contribution is 2.49. The van der Waals surface area contributed by atoms with Crippen molar-refractivity contribution in [3.63, 3.8) is 0 Å². The number of hydrogen-bond acceptors (Lipinski definition) is 4. The number of thioether (sulfide) groups is 2. The lowest BCUT2D eigenvalue weighted by Crippen LogP contribution is -2.40. The Balaban J connectivity index is 1.94. The molecule has 1 aliphatic carbocycles. The molecule has 2 atom stereocenters. The van der Waals surface area contributed by atoms with Crippen LogP contribution in [0.15, 0.2) is 0 Å². The Labute approximate surface area is 208 Å². The molecule has 0 heterocycles. The van der Waals surface area contributed by atoms with Crippen LogP contribution in [0.25, 0.3) is 0 Å². The van der Waals surface area contributed by atoms with E-state index in [0.29, 0.717) is 21.8 Å². The zero-order valence-electron chi connectivity index (χ0n) is 21.9. The predicted molar refractivity (Wildman–Crippen MR) is 149 cm³/mol. The molecular weight excluding hydrogens is 432 g/mol. The van der Waals surface area contributed by atoms with Crippen LogP contribution >= 0.6 is 23.5 Å². The van der Waals surface area contributed by atoms with Crippen molar-refractivity contribution in [2.24, 2.45) is 11.3 Å². The normalized spacial score (nSPS) is 18.8. The Morgan fingerprint density at radius 3 is 1.84 bits per heavy atom. The summed E-state index contributed by atoms with van der Waals surface area (Å²) >= 11 is 4.10. The van der Waals surface area contributed by atoms with Crippen LogP contribution in [0.1, 0.15) is 106 Å². The third kappa shape index (κ3) is 12.2. The third-order valence-corrected chi connectivity index (χ3v) is 10.2. The molecule has 1 saturated carbocycles. The van der Waals surface area contributed by atoms with Crippen LogP contribution in [0.4, 0.5) is 0 Å². The molecule has 1 fully saturated rings. The van der Waals surface area contributed by atoms with E-state index < -0.39 is 0 Å². The van der Waals surface area contributed by atoms with E-state index in [0.717, 1.165) is 74.3 Å². The minimum absolute atomic E-state index is 0.344. The van der Waals surface area contributed by atoms with Gasteiger partial charge >= 0.3 is 0 Å². The maximum absolute atomic E-state index is 8.14. The van der Waals surface area contributed by atoms with Crippen molar-refractivity contribution >= 4 is 35.2 Å². The molecule has 6 heteroatoms. The van der Waals surface area contributed by atoms with Crippen LogP contribution in [0.5, 0.6) is 0 Å². The minimum atomic E-state index is 0.344. The van der Waals surface area contributed by atoms with Crippen LogP contribution in [-0.2, 0) is 0 Å². The molecule has 1 aliphatic rings. The van der Waals surface area contributed by atoms with Gasteiger partial charge in [-0.1, -0.05) is 60.8 Å². The van der Waals surface area contributed by atoms with E-state index in [1.54, 1.807) is 0 Å². The van der Waals surface area contributed by atoms with E-state index in [9.17, 15) is 0 Å². The summed E-state index contributed by atoms with van der Waals surface area (Å²) in [4.78, 5) is 0. The van der Waals surface area contributed by atoms with Gasteiger partial charge < -0.3 is 10.6 Å². The van der Waals surface area contributed by atoms with Gasteiger partial charge in [-0.05, 0) is 43.4 Å². The molecule has 32 heavy (non-hydrogen) atoms. The van der Waals surface area contributed by atoms with Gasteiger partial charge in [-0.15, -0.1) is 0 Å². The topological polar surface area (TPSA) is 71.8 Å². The van der Waals surface area contributed by atoms with Crippen LogP contribution in [0.2, 0.25) is 0 Å². The van der Waals surface area contributed by atoms with E-state index >= 15 is 0 Å². The first-order valence-corrected chi connectivity index (χ1v) is 15.0. The van der Waals surface area contributed by atoms with Gasteiger partial charge in [0.15, 0.2) is 0 Å².